The van der Waals surface area contributed by atoms with Gasteiger partial charge in [0.05, 0.1) is 12.8 Å². The van der Waals surface area contributed by atoms with Gasteiger partial charge in [0.1, 0.15) is 11.4 Å². The molecule has 2 aromatic rings. The summed E-state index contributed by atoms with van der Waals surface area (Å²) in [6.07, 6.45) is 2.57. The number of aliphatic imine (C=N–C) groups is 1. The van der Waals surface area contributed by atoms with E-state index in [0.717, 1.165) is 18.9 Å². The van der Waals surface area contributed by atoms with Crippen molar-refractivity contribution in [2.24, 2.45) is 4.99 Å². The van der Waals surface area contributed by atoms with Gasteiger partial charge in [0, 0.05) is 19.3 Å². The molecule has 0 saturated carbocycles. The molecule has 1 aliphatic rings. The van der Waals surface area contributed by atoms with Crippen molar-refractivity contribution in [1.82, 2.24) is 5.32 Å². The van der Waals surface area contributed by atoms with Crippen molar-refractivity contribution in [1.29, 1.82) is 0 Å². The van der Waals surface area contributed by atoms with Crippen LogP contribution in [0.25, 0.3) is 0 Å². The second-order valence-electron chi connectivity index (χ2n) is 5.68. The van der Waals surface area contributed by atoms with Gasteiger partial charge in [0.15, 0.2) is 5.96 Å². The van der Waals surface area contributed by atoms with E-state index in [0.29, 0.717) is 12.3 Å². The number of guanidine groups is 1. The Kier molecular flexibility index (Phi) is 3.90. The van der Waals surface area contributed by atoms with Crippen molar-refractivity contribution in [2.45, 2.75) is 18.9 Å². The highest BCUT2D eigenvalue weighted by Gasteiger charge is 2.28. The number of para-hydroxylation sites is 1. The summed E-state index contributed by atoms with van der Waals surface area (Å²) in [6.45, 7) is 2.94. The number of hydrogen-bond donors (Lipinski definition) is 2. The minimum absolute atomic E-state index is 0.325. The summed E-state index contributed by atoms with van der Waals surface area (Å²) in [5.41, 5.74) is 1.41. The number of anilines is 1. The van der Waals surface area contributed by atoms with Crippen molar-refractivity contribution >= 4 is 11.6 Å². The summed E-state index contributed by atoms with van der Waals surface area (Å²) in [6, 6.07) is 11.9. The highest BCUT2D eigenvalue weighted by Crippen LogP contribution is 2.27. The second kappa shape index (κ2) is 5.85. The van der Waals surface area contributed by atoms with E-state index in [-0.39, 0.29) is 0 Å². The number of rotatable bonds is 3. The van der Waals surface area contributed by atoms with Crippen LogP contribution in [0, 0.1) is 0 Å². The third kappa shape index (κ3) is 2.72. The SMILES string of the molecule is CN=C(NCC(C)(O)c1ccco1)N1CCc2ccccc21. The molecule has 1 atom stereocenters. The molecule has 0 radical (unpaired) electrons. The van der Waals surface area contributed by atoms with Gasteiger partial charge in [-0.1, -0.05) is 18.2 Å². The van der Waals surface area contributed by atoms with Gasteiger partial charge < -0.3 is 19.7 Å². The van der Waals surface area contributed by atoms with Crippen LogP contribution in [-0.2, 0) is 12.0 Å². The van der Waals surface area contributed by atoms with Gasteiger partial charge in [-0.15, -0.1) is 0 Å². The fraction of sp³-hybridized carbons (Fsp3) is 0.353. The molecule has 0 fully saturated rings. The normalized spacial score (nSPS) is 17.2. The van der Waals surface area contributed by atoms with Crippen LogP contribution in [0.1, 0.15) is 18.2 Å². The van der Waals surface area contributed by atoms with Crippen molar-refractivity contribution < 1.29 is 9.52 Å². The van der Waals surface area contributed by atoms with E-state index in [9.17, 15) is 5.11 Å². The third-order valence-corrected chi connectivity index (χ3v) is 4.00. The van der Waals surface area contributed by atoms with Crippen LogP contribution in [0.2, 0.25) is 0 Å². The molecule has 0 bridgehead atoms. The van der Waals surface area contributed by atoms with Crippen molar-refractivity contribution in [3.63, 3.8) is 0 Å². The van der Waals surface area contributed by atoms with Gasteiger partial charge >= 0.3 is 0 Å². The molecule has 0 saturated heterocycles. The summed E-state index contributed by atoms with van der Waals surface area (Å²) in [4.78, 5) is 6.49. The number of nitrogens with zero attached hydrogens (tertiary/aromatic N) is 2. The molecular formula is C17H21N3O2. The highest BCUT2D eigenvalue weighted by molar-refractivity contribution is 5.97. The van der Waals surface area contributed by atoms with Crippen molar-refractivity contribution in [3.8, 4) is 0 Å². The number of fused-ring (bicyclic) bond motifs is 1. The lowest BCUT2D eigenvalue weighted by molar-refractivity contribution is 0.0387. The van der Waals surface area contributed by atoms with Crippen LogP contribution in [-0.4, -0.2) is 31.2 Å². The smallest absolute Gasteiger partial charge is 0.198 e. The fourth-order valence-electron chi connectivity index (χ4n) is 2.78. The van der Waals surface area contributed by atoms with E-state index in [1.54, 1.807) is 32.4 Å². The maximum Gasteiger partial charge on any atom is 0.198 e. The first-order valence-electron chi connectivity index (χ1n) is 7.44. The van der Waals surface area contributed by atoms with Gasteiger partial charge in [-0.25, -0.2) is 0 Å². The molecule has 5 heteroatoms. The molecule has 1 aliphatic heterocycles. The monoisotopic (exact) mass is 299 g/mol. The molecule has 2 N–H and O–H groups in total. The first-order chi connectivity index (χ1) is 10.6. The van der Waals surface area contributed by atoms with Gasteiger partial charge in [-0.2, -0.15) is 0 Å². The predicted molar refractivity (Wildman–Crippen MR) is 87.1 cm³/mol. The summed E-state index contributed by atoms with van der Waals surface area (Å²) in [5, 5.41) is 13.8. The topological polar surface area (TPSA) is 61.0 Å². The predicted octanol–water partition coefficient (Wildman–Crippen LogP) is 2.13. The standard InChI is InChI=1S/C17H21N3O2/c1-17(21,15-8-5-11-22-15)12-19-16(18-2)20-10-9-13-6-3-4-7-14(13)20/h3-8,11,21H,9-10,12H2,1-2H3,(H,18,19). The van der Waals surface area contributed by atoms with E-state index in [1.807, 2.05) is 6.07 Å². The first kappa shape index (κ1) is 14.7. The Bertz CT molecular complexity index is 662. The molecule has 0 amide bonds. The quantitative estimate of drug-likeness (QED) is 0.673. The minimum Gasteiger partial charge on any atom is -0.466 e. The lowest BCUT2D eigenvalue weighted by Gasteiger charge is -2.27. The Balaban J connectivity index is 1.72. The van der Waals surface area contributed by atoms with Gasteiger partial charge in [0.2, 0.25) is 0 Å². The highest BCUT2D eigenvalue weighted by atomic mass is 16.4. The molecule has 1 unspecified atom stereocenters. The summed E-state index contributed by atoms with van der Waals surface area (Å²) >= 11 is 0. The molecule has 0 aliphatic carbocycles. The third-order valence-electron chi connectivity index (χ3n) is 4.00. The maximum atomic E-state index is 10.5. The molecular weight excluding hydrogens is 278 g/mol. The fourth-order valence-corrected chi connectivity index (χ4v) is 2.78. The number of nitrogens with one attached hydrogen (secondary N) is 1. The summed E-state index contributed by atoms with van der Waals surface area (Å²) in [7, 11) is 1.75. The van der Waals surface area contributed by atoms with E-state index < -0.39 is 5.60 Å². The average Bonchev–Trinajstić information content (AvgIpc) is 3.18. The second-order valence-corrected chi connectivity index (χ2v) is 5.68. The molecule has 1 aromatic carbocycles. The molecule has 22 heavy (non-hydrogen) atoms. The van der Waals surface area contributed by atoms with Gasteiger partial charge in [-0.3, -0.25) is 4.99 Å². The minimum atomic E-state index is -1.08. The molecule has 2 heterocycles. The molecule has 116 valence electrons. The number of benzene rings is 1. The zero-order chi connectivity index (χ0) is 15.6. The lowest BCUT2D eigenvalue weighted by Crippen LogP contribution is -2.46. The first-order valence-corrected chi connectivity index (χ1v) is 7.44. The number of furan rings is 1. The summed E-state index contributed by atoms with van der Waals surface area (Å²) < 4.78 is 5.30. The number of hydrogen-bond acceptors (Lipinski definition) is 3. The van der Waals surface area contributed by atoms with Crippen molar-refractivity contribution in [2.75, 3.05) is 25.0 Å². The Labute approximate surface area is 130 Å². The van der Waals surface area contributed by atoms with Crippen LogP contribution >= 0.6 is 0 Å². The van der Waals surface area contributed by atoms with Crippen LogP contribution in [0.5, 0.6) is 0 Å². The Morgan fingerprint density at radius 2 is 2.18 bits per heavy atom. The largest absolute Gasteiger partial charge is 0.466 e. The van der Waals surface area contributed by atoms with E-state index >= 15 is 0 Å². The molecule has 3 rings (SSSR count). The van der Waals surface area contributed by atoms with Crippen LogP contribution in [0.15, 0.2) is 52.1 Å². The van der Waals surface area contributed by atoms with Gasteiger partial charge in [0.25, 0.3) is 0 Å². The zero-order valence-electron chi connectivity index (χ0n) is 12.9. The average molecular weight is 299 g/mol. The maximum absolute atomic E-state index is 10.5. The Hall–Kier alpha value is -2.27. The van der Waals surface area contributed by atoms with Crippen LogP contribution < -0.4 is 10.2 Å². The van der Waals surface area contributed by atoms with Crippen LogP contribution in [0.4, 0.5) is 5.69 Å². The Morgan fingerprint density at radius 1 is 1.36 bits per heavy atom. The molecule has 5 nitrogen and oxygen atoms in total. The van der Waals surface area contributed by atoms with E-state index in [1.165, 1.54) is 11.3 Å². The molecule has 0 spiro atoms. The number of aliphatic hydroxyl groups is 1. The van der Waals surface area contributed by atoms with Crippen LogP contribution in [0.3, 0.4) is 0 Å². The lowest BCUT2D eigenvalue weighted by atomic mass is 10.0. The zero-order valence-corrected chi connectivity index (χ0v) is 12.9. The van der Waals surface area contributed by atoms with E-state index in [4.69, 9.17) is 4.42 Å². The van der Waals surface area contributed by atoms with Crippen molar-refractivity contribution in [3.05, 3.63) is 54.0 Å². The van der Waals surface area contributed by atoms with E-state index in [2.05, 4.69) is 33.4 Å². The van der Waals surface area contributed by atoms with Gasteiger partial charge in [-0.05, 0) is 37.1 Å². The molecule has 1 aromatic heterocycles. The Morgan fingerprint density at radius 3 is 2.91 bits per heavy atom. The summed E-state index contributed by atoms with van der Waals surface area (Å²) in [5.74, 6) is 1.30.